The Morgan fingerprint density at radius 2 is 2.28 bits per heavy atom. The van der Waals surface area contributed by atoms with Gasteiger partial charge in [0.05, 0.1) is 12.1 Å². The van der Waals surface area contributed by atoms with E-state index in [-0.39, 0.29) is 5.91 Å². The molecule has 0 aliphatic carbocycles. The Balaban J connectivity index is 2.17. The average Bonchev–Trinajstić information content (AvgIpc) is 2.84. The van der Waals surface area contributed by atoms with Crippen LogP contribution >= 0.6 is 0 Å². The molecule has 0 aliphatic heterocycles. The monoisotopic (exact) mass is 244 g/mol. The van der Waals surface area contributed by atoms with E-state index in [0.29, 0.717) is 17.8 Å². The first-order valence-electron chi connectivity index (χ1n) is 5.68. The fourth-order valence-corrected chi connectivity index (χ4v) is 1.74. The number of hydrogen-bond donors (Lipinski definition) is 2. The highest BCUT2D eigenvalue weighted by Gasteiger charge is 2.15. The number of aryl methyl sites for hydroxylation is 1. The van der Waals surface area contributed by atoms with Crippen LogP contribution in [0.4, 0.5) is 5.69 Å². The van der Waals surface area contributed by atoms with E-state index in [4.69, 9.17) is 5.73 Å². The lowest BCUT2D eigenvalue weighted by Gasteiger charge is -2.17. The number of nitrogens with two attached hydrogens (primary N) is 1. The zero-order valence-corrected chi connectivity index (χ0v) is 10.5. The lowest BCUT2D eigenvalue weighted by molar-refractivity contribution is 0.0783. The van der Waals surface area contributed by atoms with Gasteiger partial charge in [0, 0.05) is 25.1 Å². The highest BCUT2D eigenvalue weighted by atomic mass is 16.2. The largest absolute Gasteiger partial charge is 0.398 e. The van der Waals surface area contributed by atoms with E-state index in [2.05, 4.69) is 9.97 Å². The van der Waals surface area contributed by atoms with Crippen molar-refractivity contribution in [1.82, 2.24) is 14.9 Å². The maximum absolute atomic E-state index is 12.2. The number of hydrogen-bond acceptors (Lipinski definition) is 3. The molecule has 1 aromatic heterocycles. The summed E-state index contributed by atoms with van der Waals surface area (Å²) in [6.45, 7) is 2.36. The van der Waals surface area contributed by atoms with Gasteiger partial charge in [0.1, 0.15) is 5.82 Å². The minimum Gasteiger partial charge on any atom is -0.398 e. The molecule has 0 saturated carbocycles. The fraction of sp³-hybridized carbons (Fsp3) is 0.231. The van der Waals surface area contributed by atoms with Crippen molar-refractivity contribution < 1.29 is 4.79 Å². The van der Waals surface area contributed by atoms with Gasteiger partial charge in [0.15, 0.2) is 0 Å². The number of anilines is 1. The lowest BCUT2D eigenvalue weighted by Crippen LogP contribution is -2.27. The van der Waals surface area contributed by atoms with Crippen molar-refractivity contribution >= 4 is 11.6 Å². The summed E-state index contributed by atoms with van der Waals surface area (Å²) in [6, 6.07) is 5.44. The standard InChI is InChI=1S/C13H16N4O/c1-9-3-4-11(14)10(7-9)13(18)17(2)8-12-15-5-6-16-12/h3-7H,8,14H2,1-2H3,(H,15,16). The minimum atomic E-state index is -0.104. The SMILES string of the molecule is Cc1ccc(N)c(C(=O)N(C)Cc2ncc[nH]2)c1. The lowest BCUT2D eigenvalue weighted by atomic mass is 10.1. The number of imidazole rings is 1. The molecule has 2 rings (SSSR count). The van der Waals surface area contributed by atoms with Crippen molar-refractivity contribution in [3.8, 4) is 0 Å². The molecule has 1 amide bonds. The topological polar surface area (TPSA) is 75.0 Å². The summed E-state index contributed by atoms with van der Waals surface area (Å²) in [5, 5.41) is 0. The van der Waals surface area contributed by atoms with E-state index in [0.717, 1.165) is 11.4 Å². The number of amides is 1. The predicted octanol–water partition coefficient (Wildman–Crippen LogP) is 1.57. The van der Waals surface area contributed by atoms with Gasteiger partial charge in [-0.3, -0.25) is 4.79 Å². The van der Waals surface area contributed by atoms with Crippen molar-refractivity contribution in [1.29, 1.82) is 0 Å². The van der Waals surface area contributed by atoms with E-state index in [1.165, 1.54) is 0 Å². The van der Waals surface area contributed by atoms with E-state index in [1.807, 2.05) is 13.0 Å². The summed E-state index contributed by atoms with van der Waals surface area (Å²) < 4.78 is 0. The van der Waals surface area contributed by atoms with Crippen molar-refractivity contribution in [3.05, 3.63) is 47.5 Å². The molecule has 0 spiro atoms. The van der Waals surface area contributed by atoms with Gasteiger partial charge in [0.2, 0.25) is 0 Å². The van der Waals surface area contributed by atoms with Crippen LogP contribution in [0.3, 0.4) is 0 Å². The van der Waals surface area contributed by atoms with Gasteiger partial charge in [-0.15, -0.1) is 0 Å². The third-order valence-electron chi connectivity index (χ3n) is 2.73. The Hall–Kier alpha value is -2.30. The van der Waals surface area contributed by atoms with Crippen LogP contribution in [-0.4, -0.2) is 27.8 Å². The molecule has 0 bridgehead atoms. The second-order valence-corrected chi connectivity index (χ2v) is 4.29. The molecule has 1 heterocycles. The van der Waals surface area contributed by atoms with Gasteiger partial charge >= 0.3 is 0 Å². The van der Waals surface area contributed by atoms with Crippen LogP contribution in [0.5, 0.6) is 0 Å². The van der Waals surface area contributed by atoms with Crippen molar-refractivity contribution in [2.24, 2.45) is 0 Å². The summed E-state index contributed by atoms with van der Waals surface area (Å²) >= 11 is 0. The van der Waals surface area contributed by atoms with Crippen molar-refractivity contribution in [2.45, 2.75) is 13.5 Å². The zero-order valence-electron chi connectivity index (χ0n) is 10.5. The molecule has 18 heavy (non-hydrogen) atoms. The Bertz CT molecular complexity index is 548. The highest BCUT2D eigenvalue weighted by molar-refractivity contribution is 5.99. The summed E-state index contributed by atoms with van der Waals surface area (Å²) in [4.78, 5) is 20.9. The molecule has 5 nitrogen and oxygen atoms in total. The van der Waals surface area contributed by atoms with Gasteiger partial charge in [-0.2, -0.15) is 0 Å². The molecule has 0 fully saturated rings. The number of rotatable bonds is 3. The normalized spacial score (nSPS) is 10.3. The predicted molar refractivity (Wildman–Crippen MR) is 70.0 cm³/mol. The molecule has 5 heteroatoms. The number of carbonyl (C=O) groups excluding carboxylic acids is 1. The van der Waals surface area contributed by atoms with Crippen LogP contribution in [0, 0.1) is 6.92 Å². The van der Waals surface area contributed by atoms with Crippen LogP contribution in [0.25, 0.3) is 0 Å². The highest BCUT2D eigenvalue weighted by Crippen LogP contribution is 2.16. The third-order valence-corrected chi connectivity index (χ3v) is 2.73. The Kier molecular flexibility index (Phi) is 3.32. The summed E-state index contributed by atoms with van der Waals surface area (Å²) in [5.41, 5.74) is 7.87. The number of benzene rings is 1. The molecule has 0 aliphatic rings. The Labute approximate surface area is 106 Å². The Morgan fingerprint density at radius 3 is 2.94 bits per heavy atom. The molecule has 0 saturated heterocycles. The first kappa shape index (κ1) is 12.2. The van der Waals surface area contributed by atoms with Gasteiger partial charge < -0.3 is 15.6 Å². The second kappa shape index (κ2) is 4.91. The molecular formula is C13H16N4O. The van der Waals surface area contributed by atoms with Gasteiger partial charge in [0.25, 0.3) is 5.91 Å². The van der Waals surface area contributed by atoms with E-state index in [1.54, 1.807) is 36.5 Å². The maximum atomic E-state index is 12.2. The van der Waals surface area contributed by atoms with Crippen LogP contribution in [0.1, 0.15) is 21.7 Å². The molecule has 3 N–H and O–H groups in total. The maximum Gasteiger partial charge on any atom is 0.256 e. The molecular weight excluding hydrogens is 228 g/mol. The van der Waals surface area contributed by atoms with Crippen LogP contribution in [0.2, 0.25) is 0 Å². The number of aromatic nitrogens is 2. The van der Waals surface area contributed by atoms with E-state index >= 15 is 0 Å². The van der Waals surface area contributed by atoms with Crippen molar-refractivity contribution in [3.63, 3.8) is 0 Å². The number of carbonyl (C=O) groups is 1. The first-order valence-corrected chi connectivity index (χ1v) is 5.68. The quantitative estimate of drug-likeness (QED) is 0.805. The molecule has 0 radical (unpaired) electrons. The number of nitrogen functional groups attached to an aromatic ring is 1. The number of nitrogens with zero attached hydrogens (tertiary/aromatic N) is 2. The number of H-pyrrole nitrogens is 1. The summed E-state index contributed by atoms with van der Waals surface area (Å²) in [7, 11) is 1.73. The van der Waals surface area contributed by atoms with Gasteiger partial charge in [-0.1, -0.05) is 11.6 Å². The average molecular weight is 244 g/mol. The number of nitrogens with one attached hydrogen (secondary N) is 1. The van der Waals surface area contributed by atoms with Crippen LogP contribution in [0.15, 0.2) is 30.6 Å². The van der Waals surface area contributed by atoms with Gasteiger partial charge in [-0.25, -0.2) is 4.98 Å². The first-order chi connectivity index (χ1) is 8.58. The molecule has 94 valence electrons. The Morgan fingerprint density at radius 1 is 1.50 bits per heavy atom. The molecule has 2 aromatic rings. The molecule has 1 aromatic carbocycles. The zero-order chi connectivity index (χ0) is 13.1. The smallest absolute Gasteiger partial charge is 0.256 e. The number of aromatic amines is 1. The van der Waals surface area contributed by atoms with Gasteiger partial charge in [-0.05, 0) is 19.1 Å². The van der Waals surface area contributed by atoms with E-state index in [9.17, 15) is 4.79 Å². The summed E-state index contributed by atoms with van der Waals surface area (Å²) in [5.74, 6) is 0.643. The third kappa shape index (κ3) is 2.51. The van der Waals surface area contributed by atoms with Crippen LogP contribution in [-0.2, 0) is 6.54 Å². The molecule has 0 atom stereocenters. The fourth-order valence-electron chi connectivity index (χ4n) is 1.74. The minimum absolute atomic E-state index is 0.104. The summed E-state index contributed by atoms with van der Waals surface area (Å²) in [6.07, 6.45) is 3.39. The van der Waals surface area contributed by atoms with Crippen molar-refractivity contribution in [2.75, 3.05) is 12.8 Å². The van der Waals surface area contributed by atoms with E-state index < -0.39 is 0 Å². The molecule has 0 unspecified atom stereocenters. The second-order valence-electron chi connectivity index (χ2n) is 4.29. The van der Waals surface area contributed by atoms with Crippen LogP contribution < -0.4 is 5.73 Å².